The maximum Gasteiger partial charge on any atom is 0.238 e. The van der Waals surface area contributed by atoms with Crippen LogP contribution in [0.25, 0.3) is 16.9 Å². The molecule has 1 saturated heterocycles. The number of aromatic nitrogens is 4. The molecule has 0 spiro atoms. The quantitative estimate of drug-likeness (QED) is 0.399. The first-order valence-electron chi connectivity index (χ1n) is 10.8. The second kappa shape index (κ2) is 9.96. The minimum Gasteiger partial charge on any atom is -0.480 e. The fourth-order valence-corrected chi connectivity index (χ4v) is 4.56. The van der Waals surface area contributed by atoms with Gasteiger partial charge in [0.2, 0.25) is 5.88 Å². The molecule has 3 unspecified atom stereocenters. The van der Waals surface area contributed by atoms with Gasteiger partial charge < -0.3 is 10.1 Å². The highest BCUT2D eigenvalue weighted by Crippen LogP contribution is 2.29. The predicted molar refractivity (Wildman–Crippen MR) is 127 cm³/mol. The molecule has 0 saturated carbocycles. The number of hydrogen-bond donors (Lipinski definition) is 2. The molecule has 3 atom stereocenters. The molecule has 0 amide bonds. The Morgan fingerprint density at radius 1 is 1.17 bits per heavy atom. The van der Waals surface area contributed by atoms with E-state index < -0.39 is 34.7 Å². The third kappa shape index (κ3) is 4.75. The van der Waals surface area contributed by atoms with Crippen molar-refractivity contribution in [3.8, 4) is 29.0 Å². The lowest BCUT2D eigenvalue weighted by atomic mass is 10.1. The van der Waals surface area contributed by atoms with Crippen LogP contribution in [0.4, 0.5) is 18.9 Å². The number of fused-ring (bicyclic) bond motifs is 1. The van der Waals surface area contributed by atoms with E-state index in [1.54, 1.807) is 28.9 Å². The fraction of sp³-hybridized carbons (Fsp3) is 0.208. The number of hydrogen-bond acceptors (Lipinski definition) is 6. The van der Waals surface area contributed by atoms with Gasteiger partial charge in [-0.2, -0.15) is 5.10 Å². The first-order chi connectivity index (χ1) is 17.4. The van der Waals surface area contributed by atoms with Crippen molar-refractivity contribution in [2.75, 3.05) is 24.9 Å². The van der Waals surface area contributed by atoms with Crippen LogP contribution >= 0.6 is 0 Å². The Balaban J connectivity index is 1.46. The van der Waals surface area contributed by atoms with Crippen LogP contribution in [0.2, 0.25) is 0 Å². The molecule has 8 nitrogen and oxygen atoms in total. The van der Waals surface area contributed by atoms with Crippen LogP contribution in [0.5, 0.6) is 5.88 Å². The molecule has 1 aliphatic rings. The number of alkyl halides is 1. The Labute approximate surface area is 206 Å². The number of nitrogens with one attached hydrogen (secondary N) is 2. The number of methoxy groups -OCH3 is 1. The van der Waals surface area contributed by atoms with E-state index in [-0.39, 0.29) is 23.0 Å². The van der Waals surface area contributed by atoms with Gasteiger partial charge in [-0.25, -0.2) is 31.9 Å². The second-order valence-corrected chi connectivity index (χ2v) is 9.09. The molecule has 4 heterocycles. The van der Waals surface area contributed by atoms with Crippen LogP contribution in [-0.2, 0) is 11.0 Å². The number of imidazole rings is 1. The molecule has 5 rings (SSSR count). The molecule has 1 aliphatic heterocycles. The van der Waals surface area contributed by atoms with Crippen molar-refractivity contribution in [1.29, 1.82) is 0 Å². The van der Waals surface area contributed by atoms with Gasteiger partial charge >= 0.3 is 0 Å². The Kier molecular flexibility index (Phi) is 6.58. The van der Waals surface area contributed by atoms with Crippen molar-refractivity contribution < 1.29 is 22.1 Å². The average Bonchev–Trinajstić information content (AvgIpc) is 3.47. The van der Waals surface area contributed by atoms with E-state index in [0.717, 1.165) is 12.1 Å². The molecule has 12 heteroatoms. The smallest absolute Gasteiger partial charge is 0.238 e. The second-order valence-electron chi connectivity index (χ2n) is 7.91. The largest absolute Gasteiger partial charge is 0.480 e. The van der Waals surface area contributed by atoms with Crippen molar-refractivity contribution >= 4 is 22.3 Å². The molecule has 0 bridgehead atoms. The van der Waals surface area contributed by atoms with Crippen molar-refractivity contribution in [2.24, 2.45) is 5.92 Å². The minimum absolute atomic E-state index is 0.121. The molecule has 1 fully saturated rings. The number of pyridine rings is 1. The van der Waals surface area contributed by atoms with Crippen molar-refractivity contribution in [3.63, 3.8) is 0 Å². The zero-order valence-electron chi connectivity index (χ0n) is 18.8. The van der Waals surface area contributed by atoms with Crippen molar-refractivity contribution in [3.05, 3.63) is 66.1 Å². The summed E-state index contributed by atoms with van der Waals surface area (Å²) in [5.41, 5.74) is 2.29. The van der Waals surface area contributed by atoms with Crippen molar-refractivity contribution in [2.45, 2.75) is 11.1 Å². The minimum atomic E-state index is -2.06. The molecule has 1 aromatic carbocycles. The standard InChI is InChI=1S/C24H19F3N6O2S/c1-35-24-21(32-36(34)22-6-3-16(25)9-18(22)26)8-15(11-30-24)20-5-7-23-29-12-17(33(23)31-20)4-2-14-10-28-13-19(14)27/h3,5-9,11-12,14,19,28,32H,10,13H2,1H3. The highest BCUT2D eigenvalue weighted by atomic mass is 32.2. The molecule has 0 radical (unpaired) electrons. The van der Waals surface area contributed by atoms with Gasteiger partial charge in [0.1, 0.15) is 29.2 Å². The Bertz CT molecular complexity index is 1530. The SMILES string of the molecule is COc1ncc(-c2ccc3ncc(C#CC4CNCC4F)n3n2)cc1NS(=O)c1ccc(F)cc1F. The number of rotatable bonds is 5. The maximum atomic E-state index is 14.1. The number of halogens is 3. The molecule has 2 N–H and O–H groups in total. The number of nitrogens with zero attached hydrogens (tertiary/aromatic N) is 4. The lowest BCUT2D eigenvalue weighted by molar-refractivity contribution is 0.323. The van der Waals surface area contributed by atoms with Crippen LogP contribution in [-0.4, -0.2) is 50.2 Å². The van der Waals surface area contributed by atoms with Gasteiger partial charge in [-0.1, -0.05) is 5.92 Å². The number of anilines is 1. The normalized spacial score (nSPS) is 18.0. The van der Waals surface area contributed by atoms with E-state index in [4.69, 9.17) is 4.74 Å². The number of benzene rings is 1. The molecule has 0 aliphatic carbocycles. The zero-order chi connectivity index (χ0) is 25.2. The third-order valence-electron chi connectivity index (χ3n) is 5.52. The lowest BCUT2D eigenvalue weighted by Crippen LogP contribution is -2.10. The molecule has 184 valence electrons. The zero-order valence-corrected chi connectivity index (χ0v) is 19.7. The summed E-state index contributed by atoms with van der Waals surface area (Å²) in [4.78, 5) is 8.29. The maximum absolute atomic E-state index is 14.1. The van der Waals surface area contributed by atoms with Crippen LogP contribution in [0, 0.1) is 29.4 Å². The van der Waals surface area contributed by atoms with Crippen LogP contribution < -0.4 is 14.8 Å². The first kappa shape index (κ1) is 23.8. The van der Waals surface area contributed by atoms with Gasteiger partial charge in [-0.05, 0) is 36.3 Å². The van der Waals surface area contributed by atoms with E-state index >= 15 is 0 Å². The Hall–Kier alpha value is -3.95. The summed E-state index contributed by atoms with van der Waals surface area (Å²) in [5.74, 6) is 3.90. The summed E-state index contributed by atoms with van der Waals surface area (Å²) in [5, 5.41) is 7.55. The third-order valence-corrected chi connectivity index (χ3v) is 6.66. The van der Waals surface area contributed by atoms with Gasteiger partial charge in [0, 0.05) is 30.9 Å². The van der Waals surface area contributed by atoms with Crippen molar-refractivity contribution in [1.82, 2.24) is 24.9 Å². The Morgan fingerprint density at radius 2 is 2.03 bits per heavy atom. The van der Waals surface area contributed by atoms with Gasteiger partial charge in [0.05, 0.1) is 29.8 Å². The van der Waals surface area contributed by atoms with Crippen LogP contribution in [0.3, 0.4) is 0 Å². The Morgan fingerprint density at radius 3 is 2.78 bits per heavy atom. The van der Waals surface area contributed by atoms with E-state index in [1.807, 2.05) is 0 Å². The molecular weight excluding hydrogens is 493 g/mol. The highest BCUT2D eigenvalue weighted by Gasteiger charge is 2.24. The summed E-state index contributed by atoms with van der Waals surface area (Å²) >= 11 is 0. The summed E-state index contributed by atoms with van der Waals surface area (Å²) in [6.45, 7) is 0.772. The molecule has 4 aromatic rings. The first-order valence-corrected chi connectivity index (χ1v) is 12.0. The van der Waals surface area contributed by atoms with Crippen LogP contribution in [0.15, 0.2) is 53.7 Å². The van der Waals surface area contributed by atoms with Crippen LogP contribution in [0.1, 0.15) is 5.69 Å². The predicted octanol–water partition coefficient (Wildman–Crippen LogP) is 3.12. The van der Waals surface area contributed by atoms with E-state index in [1.165, 1.54) is 13.3 Å². The molecule has 36 heavy (non-hydrogen) atoms. The fourth-order valence-electron chi connectivity index (χ4n) is 3.68. The van der Waals surface area contributed by atoms with Gasteiger partial charge in [-0.3, -0.25) is 4.72 Å². The summed E-state index contributed by atoms with van der Waals surface area (Å²) in [6, 6.07) is 7.84. The average molecular weight is 513 g/mol. The summed E-state index contributed by atoms with van der Waals surface area (Å²) < 4.78 is 63.4. The molecular formula is C24H19F3N6O2S. The van der Waals surface area contributed by atoms with E-state index in [9.17, 15) is 17.4 Å². The summed E-state index contributed by atoms with van der Waals surface area (Å²) in [6.07, 6.45) is 2.05. The topological polar surface area (TPSA) is 93.4 Å². The van der Waals surface area contributed by atoms with Gasteiger partial charge in [-0.15, -0.1) is 0 Å². The monoisotopic (exact) mass is 512 g/mol. The van der Waals surface area contributed by atoms with Gasteiger partial charge in [0.15, 0.2) is 16.6 Å². The molecule has 3 aromatic heterocycles. The highest BCUT2D eigenvalue weighted by molar-refractivity contribution is 7.86. The van der Waals surface area contributed by atoms with E-state index in [0.29, 0.717) is 35.2 Å². The lowest BCUT2D eigenvalue weighted by Gasteiger charge is -2.12. The number of ether oxygens (including phenoxy) is 1. The van der Waals surface area contributed by atoms with Gasteiger partial charge in [0.25, 0.3) is 0 Å². The van der Waals surface area contributed by atoms with E-state index in [2.05, 4.69) is 36.9 Å². The summed E-state index contributed by atoms with van der Waals surface area (Å²) in [7, 11) is -0.673.